The average molecular weight is 758 g/mol. The number of aromatic hydroxyl groups is 1. The number of nitrogens with one attached hydrogen (secondary N) is 6. The van der Waals surface area contributed by atoms with Gasteiger partial charge in [0.1, 0.15) is 42.0 Å². The summed E-state index contributed by atoms with van der Waals surface area (Å²) in [6.45, 7) is 5.39. The fourth-order valence-electron chi connectivity index (χ4n) is 6.85. The number of para-hydroxylation sites is 1. The van der Waals surface area contributed by atoms with Gasteiger partial charge in [0.05, 0.1) is 6.42 Å². The Morgan fingerprint density at radius 1 is 0.873 bits per heavy atom. The number of primary amides is 2. The number of allylic oxidation sites excluding steroid dienone is 1. The van der Waals surface area contributed by atoms with Gasteiger partial charge in [0, 0.05) is 42.2 Å². The van der Waals surface area contributed by atoms with Gasteiger partial charge in [-0.05, 0) is 61.9 Å². The maximum absolute atomic E-state index is 14.0. The summed E-state index contributed by atoms with van der Waals surface area (Å²) in [4.78, 5) is 96.5. The van der Waals surface area contributed by atoms with E-state index in [9.17, 15) is 38.7 Å². The molecule has 6 atom stereocenters. The second kappa shape index (κ2) is 17.6. The molecule has 0 aliphatic carbocycles. The molecule has 3 heterocycles. The molecule has 17 nitrogen and oxygen atoms in total. The summed E-state index contributed by atoms with van der Waals surface area (Å²) in [5.41, 5.74) is 13.8. The van der Waals surface area contributed by atoms with Crippen molar-refractivity contribution in [2.24, 2.45) is 11.5 Å². The largest absolute Gasteiger partial charge is 0.508 e. The number of nitrogens with zero attached hydrogens (tertiary/aromatic N) is 1. The van der Waals surface area contributed by atoms with Gasteiger partial charge in [0.2, 0.25) is 41.4 Å². The molecular formula is C38H47N9O8. The summed E-state index contributed by atoms with van der Waals surface area (Å²) < 4.78 is 0. The van der Waals surface area contributed by atoms with Gasteiger partial charge in [-0.3, -0.25) is 33.6 Å². The van der Waals surface area contributed by atoms with Crippen LogP contribution in [-0.4, -0.2) is 99.1 Å². The Bertz CT molecular complexity index is 1960. The van der Waals surface area contributed by atoms with Crippen molar-refractivity contribution >= 4 is 52.3 Å². The zero-order valence-electron chi connectivity index (χ0n) is 30.4. The first kappa shape index (κ1) is 39.8. The molecule has 5 rings (SSSR count). The zero-order chi connectivity index (χ0) is 39.8. The van der Waals surface area contributed by atoms with Crippen molar-refractivity contribution in [1.82, 2.24) is 36.5 Å². The van der Waals surface area contributed by atoms with Crippen molar-refractivity contribution in [3.05, 3.63) is 78.1 Å². The molecular weight excluding hydrogens is 710 g/mol. The molecule has 2 aliphatic rings. The molecule has 292 valence electrons. The molecule has 2 saturated heterocycles. The van der Waals surface area contributed by atoms with Crippen LogP contribution in [0.15, 0.2) is 67.0 Å². The maximum Gasteiger partial charge on any atom is 0.246 e. The second-order valence-corrected chi connectivity index (χ2v) is 13.9. The van der Waals surface area contributed by atoms with Crippen LogP contribution in [0.25, 0.3) is 10.9 Å². The quantitative estimate of drug-likeness (QED) is 0.0887. The topological polar surface area (TPSA) is 271 Å². The van der Waals surface area contributed by atoms with Crippen LogP contribution in [0.1, 0.15) is 50.2 Å². The van der Waals surface area contributed by atoms with Crippen LogP contribution >= 0.6 is 0 Å². The minimum absolute atomic E-state index is 0.00138. The predicted molar refractivity (Wildman–Crippen MR) is 200 cm³/mol. The molecule has 1 aromatic heterocycles. The number of rotatable bonds is 16. The number of fused-ring (bicyclic) bond motifs is 1. The summed E-state index contributed by atoms with van der Waals surface area (Å²) in [7, 11) is 0. The van der Waals surface area contributed by atoms with Crippen molar-refractivity contribution in [2.45, 2.75) is 88.1 Å². The third-order valence-electron chi connectivity index (χ3n) is 9.81. The highest BCUT2D eigenvalue weighted by molar-refractivity contribution is 5.98. The van der Waals surface area contributed by atoms with Gasteiger partial charge >= 0.3 is 0 Å². The van der Waals surface area contributed by atoms with Gasteiger partial charge in [-0.2, -0.15) is 0 Å². The van der Waals surface area contributed by atoms with Crippen LogP contribution < -0.4 is 38.1 Å². The normalized spacial score (nSPS) is 18.7. The molecule has 6 unspecified atom stereocenters. The fourth-order valence-corrected chi connectivity index (χ4v) is 6.85. The van der Waals surface area contributed by atoms with Crippen LogP contribution in [0.2, 0.25) is 0 Å². The summed E-state index contributed by atoms with van der Waals surface area (Å²) in [5.74, 6) is -4.84. The Labute approximate surface area is 317 Å². The van der Waals surface area contributed by atoms with Gasteiger partial charge in [-0.15, -0.1) is 0 Å². The van der Waals surface area contributed by atoms with Gasteiger partial charge in [0.15, 0.2) is 0 Å². The van der Waals surface area contributed by atoms with E-state index in [1.165, 1.54) is 24.0 Å². The van der Waals surface area contributed by atoms with Crippen LogP contribution in [-0.2, 0) is 46.4 Å². The number of carbonyl (C=O) groups excluding carboxylic acids is 7. The number of phenolic OH excluding ortho intramolecular Hbond substituents is 1. The number of hydrogen-bond donors (Lipinski definition) is 9. The minimum Gasteiger partial charge on any atom is -0.508 e. The van der Waals surface area contributed by atoms with Crippen LogP contribution in [0.4, 0.5) is 0 Å². The Morgan fingerprint density at radius 2 is 1.58 bits per heavy atom. The number of nitrogens with two attached hydrogens (primary N) is 2. The fraction of sp³-hybridized carbons (Fsp3) is 0.395. The first-order chi connectivity index (χ1) is 26.2. The standard InChI is InChI=1S/C38H47N9O8/c1-20-9-14-27(42-20)35(52)46-30(18-32(39)49)38(55)47-15-5-8-31(47)37(54)45-29(17-23-19-41-26-7-4-3-6-25(23)26)36(53)43-21(2)34(51)44-28(33(40)50)16-22-10-12-24(48)13-11-22/h3-4,6-7,10-13,19,21,27-31,41-42,48H,1,5,8-9,14-18H2,2H3,(H2,39,49)(H2,40,50)(H,43,53)(H,44,51)(H,45,54)(H,46,52). The van der Waals surface area contributed by atoms with E-state index in [2.05, 4.69) is 38.1 Å². The molecule has 2 aromatic carbocycles. The number of amides is 7. The lowest BCUT2D eigenvalue weighted by atomic mass is 10.0. The summed E-state index contributed by atoms with van der Waals surface area (Å²) in [6.07, 6.45) is 2.98. The third kappa shape index (κ3) is 10.2. The van der Waals surface area contributed by atoms with Gasteiger partial charge in [0.25, 0.3) is 0 Å². The predicted octanol–water partition coefficient (Wildman–Crippen LogP) is -0.765. The number of likely N-dealkylation sites (tertiary alicyclic amines) is 1. The van der Waals surface area contributed by atoms with E-state index in [1.807, 2.05) is 24.3 Å². The number of aromatic nitrogens is 1. The smallest absolute Gasteiger partial charge is 0.246 e. The van der Waals surface area contributed by atoms with Gasteiger partial charge < -0.3 is 53.0 Å². The highest BCUT2D eigenvalue weighted by Gasteiger charge is 2.40. The number of aromatic amines is 1. The van der Waals surface area contributed by atoms with Crippen molar-refractivity contribution in [1.29, 1.82) is 0 Å². The summed E-state index contributed by atoms with van der Waals surface area (Å²) >= 11 is 0. The lowest BCUT2D eigenvalue weighted by Gasteiger charge is -2.30. The Morgan fingerprint density at radius 3 is 2.25 bits per heavy atom. The Kier molecular flexibility index (Phi) is 12.8. The lowest BCUT2D eigenvalue weighted by Crippen LogP contribution is -2.59. The van der Waals surface area contributed by atoms with E-state index in [-0.39, 0.29) is 31.6 Å². The Balaban J connectivity index is 1.30. The van der Waals surface area contributed by atoms with E-state index in [0.29, 0.717) is 36.1 Å². The van der Waals surface area contributed by atoms with Gasteiger partial charge in [-0.25, -0.2) is 0 Å². The highest BCUT2D eigenvalue weighted by Crippen LogP contribution is 2.23. The summed E-state index contributed by atoms with van der Waals surface area (Å²) in [6, 6.07) is 6.89. The molecule has 11 N–H and O–H groups in total. The number of hydrogen-bond acceptors (Lipinski definition) is 9. The number of phenols is 1. The zero-order valence-corrected chi connectivity index (χ0v) is 30.4. The van der Waals surface area contributed by atoms with E-state index < -0.39 is 84.0 Å². The average Bonchev–Trinajstić information content (AvgIpc) is 3.91. The highest BCUT2D eigenvalue weighted by atomic mass is 16.3. The van der Waals surface area contributed by atoms with E-state index >= 15 is 0 Å². The number of H-pyrrole nitrogens is 1. The minimum atomic E-state index is -1.32. The van der Waals surface area contributed by atoms with E-state index in [1.54, 1.807) is 18.3 Å². The molecule has 2 aliphatic heterocycles. The number of benzene rings is 2. The van der Waals surface area contributed by atoms with E-state index in [0.717, 1.165) is 10.9 Å². The molecule has 3 aromatic rings. The van der Waals surface area contributed by atoms with E-state index in [4.69, 9.17) is 11.5 Å². The first-order valence-corrected chi connectivity index (χ1v) is 18.1. The number of carbonyl (C=O) groups is 7. The molecule has 0 spiro atoms. The van der Waals surface area contributed by atoms with Crippen LogP contribution in [0.5, 0.6) is 5.75 Å². The molecule has 0 saturated carbocycles. The van der Waals surface area contributed by atoms with Crippen molar-refractivity contribution in [3.8, 4) is 5.75 Å². The molecule has 0 radical (unpaired) electrons. The van der Waals surface area contributed by atoms with Crippen molar-refractivity contribution < 1.29 is 38.7 Å². The third-order valence-corrected chi connectivity index (χ3v) is 9.81. The van der Waals surface area contributed by atoms with Crippen LogP contribution in [0.3, 0.4) is 0 Å². The summed E-state index contributed by atoms with van der Waals surface area (Å²) in [5, 5.41) is 23.9. The molecule has 2 fully saturated rings. The van der Waals surface area contributed by atoms with Crippen molar-refractivity contribution in [2.75, 3.05) is 6.54 Å². The van der Waals surface area contributed by atoms with Gasteiger partial charge in [-0.1, -0.05) is 36.9 Å². The first-order valence-electron chi connectivity index (χ1n) is 18.1. The van der Waals surface area contributed by atoms with Crippen molar-refractivity contribution in [3.63, 3.8) is 0 Å². The lowest BCUT2D eigenvalue weighted by molar-refractivity contribution is -0.143. The monoisotopic (exact) mass is 757 g/mol. The maximum atomic E-state index is 14.0. The molecule has 55 heavy (non-hydrogen) atoms. The van der Waals surface area contributed by atoms with Crippen LogP contribution in [0, 0.1) is 0 Å². The second-order valence-electron chi connectivity index (χ2n) is 13.9. The SMILES string of the molecule is C=C1CCC(C(=O)NC(CC(N)=O)C(=O)N2CCCC2C(=O)NC(Cc2c[nH]c3ccccc23)C(=O)NC(C)C(=O)NC(Cc2ccc(O)cc2)C(N)=O)N1. The Hall–Kier alpha value is -6.39. The molecule has 0 bridgehead atoms. The molecule has 7 amide bonds. The molecule has 17 heteroatoms.